The van der Waals surface area contributed by atoms with Crippen LogP contribution in [0.1, 0.15) is 42.9 Å². The standard InChI is InChI=1S/C19H24N4O/c1-13-5-4-10-21-18(13)14-6-2-7-15(11-14)22-16-8-3-9-17(12-16)23-19(20)24/h3-5,8-10,12,14-15,22H,2,6-7,11H2,1H3,(H3,20,23,24)/t14-,15+/m0/s1. The maximum Gasteiger partial charge on any atom is 0.316 e. The molecule has 1 aromatic carbocycles. The van der Waals surface area contributed by atoms with Gasteiger partial charge in [-0.1, -0.05) is 18.6 Å². The Balaban J connectivity index is 1.67. The minimum Gasteiger partial charge on any atom is -0.382 e. The van der Waals surface area contributed by atoms with Crippen molar-refractivity contribution < 1.29 is 4.79 Å². The molecule has 5 nitrogen and oxygen atoms in total. The van der Waals surface area contributed by atoms with Gasteiger partial charge in [0.1, 0.15) is 0 Å². The van der Waals surface area contributed by atoms with Crippen LogP contribution in [0.25, 0.3) is 0 Å². The van der Waals surface area contributed by atoms with E-state index in [1.54, 1.807) is 0 Å². The second kappa shape index (κ2) is 7.34. The molecular formula is C19H24N4O. The number of rotatable bonds is 4. The Kier molecular flexibility index (Phi) is 4.99. The molecule has 0 aliphatic heterocycles. The number of nitrogens with one attached hydrogen (secondary N) is 2. The Bertz CT molecular complexity index is 716. The maximum atomic E-state index is 11.0. The fourth-order valence-electron chi connectivity index (χ4n) is 3.56. The number of amides is 2. The van der Waals surface area contributed by atoms with Crippen molar-refractivity contribution in [2.75, 3.05) is 10.6 Å². The highest BCUT2D eigenvalue weighted by Crippen LogP contribution is 2.34. The molecule has 0 bridgehead atoms. The largest absolute Gasteiger partial charge is 0.382 e. The number of aromatic nitrogens is 1. The number of nitrogens with zero attached hydrogens (tertiary/aromatic N) is 1. The van der Waals surface area contributed by atoms with Gasteiger partial charge in [-0.15, -0.1) is 0 Å². The summed E-state index contributed by atoms with van der Waals surface area (Å²) in [6.07, 6.45) is 6.50. The average Bonchev–Trinajstić information content (AvgIpc) is 2.55. The average molecular weight is 324 g/mol. The van der Waals surface area contributed by atoms with E-state index in [-0.39, 0.29) is 0 Å². The molecule has 4 N–H and O–H groups in total. The lowest BCUT2D eigenvalue weighted by Gasteiger charge is -2.31. The summed E-state index contributed by atoms with van der Waals surface area (Å²) in [6.45, 7) is 2.14. The molecule has 1 fully saturated rings. The number of pyridine rings is 1. The molecule has 1 aromatic heterocycles. The van der Waals surface area contributed by atoms with Gasteiger partial charge >= 0.3 is 6.03 Å². The monoisotopic (exact) mass is 324 g/mol. The molecule has 1 aliphatic carbocycles. The van der Waals surface area contributed by atoms with Gasteiger partial charge in [-0.2, -0.15) is 0 Å². The Hall–Kier alpha value is -2.56. The Morgan fingerprint density at radius 1 is 1.21 bits per heavy atom. The first-order valence-electron chi connectivity index (χ1n) is 8.46. The van der Waals surface area contributed by atoms with Crippen molar-refractivity contribution in [2.24, 2.45) is 5.73 Å². The van der Waals surface area contributed by atoms with E-state index in [9.17, 15) is 4.79 Å². The summed E-state index contributed by atoms with van der Waals surface area (Å²) in [5, 5.41) is 6.21. The molecule has 0 unspecified atom stereocenters. The third-order valence-corrected chi connectivity index (χ3v) is 4.61. The minimum absolute atomic E-state index is 0.411. The zero-order valence-corrected chi connectivity index (χ0v) is 14.0. The molecule has 1 saturated carbocycles. The molecule has 3 rings (SSSR count). The van der Waals surface area contributed by atoms with Crippen LogP contribution >= 0.6 is 0 Å². The van der Waals surface area contributed by atoms with E-state index in [2.05, 4.69) is 28.6 Å². The third-order valence-electron chi connectivity index (χ3n) is 4.61. The molecule has 2 atom stereocenters. The fourth-order valence-corrected chi connectivity index (χ4v) is 3.56. The van der Waals surface area contributed by atoms with Crippen LogP contribution in [0, 0.1) is 6.92 Å². The van der Waals surface area contributed by atoms with Crippen molar-refractivity contribution in [3.05, 3.63) is 53.9 Å². The molecule has 24 heavy (non-hydrogen) atoms. The molecular weight excluding hydrogens is 300 g/mol. The van der Waals surface area contributed by atoms with Crippen LogP contribution in [0.3, 0.4) is 0 Å². The van der Waals surface area contributed by atoms with Crippen molar-refractivity contribution in [3.8, 4) is 0 Å². The van der Waals surface area contributed by atoms with Gasteiger partial charge in [0.05, 0.1) is 0 Å². The predicted octanol–water partition coefficient (Wildman–Crippen LogP) is 4.02. The Labute approximate surface area is 142 Å². The fraction of sp³-hybridized carbons (Fsp3) is 0.368. The number of carbonyl (C=O) groups is 1. The normalized spacial score (nSPS) is 20.4. The van der Waals surface area contributed by atoms with E-state index >= 15 is 0 Å². The van der Waals surface area contributed by atoms with Crippen LogP contribution in [-0.2, 0) is 0 Å². The number of urea groups is 1. The number of carbonyl (C=O) groups excluding carboxylic acids is 1. The minimum atomic E-state index is -0.546. The third kappa shape index (κ3) is 4.04. The maximum absolute atomic E-state index is 11.0. The summed E-state index contributed by atoms with van der Waals surface area (Å²) >= 11 is 0. The molecule has 2 amide bonds. The van der Waals surface area contributed by atoms with Crippen molar-refractivity contribution in [1.29, 1.82) is 0 Å². The van der Waals surface area contributed by atoms with E-state index in [4.69, 9.17) is 5.73 Å². The van der Waals surface area contributed by atoms with Crippen LogP contribution < -0.4 is 16.4 Å². The highest BCUT2D eigenvalue weighted by Gasteiger charge is 2.25. The predicted molar refractivity (Wildman–Crippen MR) is 97.2 cm³/mol. The second-order valence-electron chi connectivity index (χ2n) is 6.48. The van der Waals surface area contributed by atoms with E-state index in [1.807, 2.05) is 36.5 Å². The van der Waals surface area contributed by atoms with Gasteiger partial charge in [0.15, 0.2) is 0 Å². The van der Waals surface area contributed by atoms with Crippen LogP contribution in [0.5, 0.6) is 0 Å². The highest BCUT2D eigenvalue weighted by atomic mass is 16.2. The summed E-state index contributed by atoms with van der Waals surface area (Å²) in [4.78, 5) is 15.6. The molecule has 1 aliphatic rings. The number of benzene rings is 1. The number of primary amides is 1. The van der Waals surface area contributed by atoms with Crippen LogP contribution in [0.2, 0.25) is 0 Å². The van der Waals surface area contributed by atoms with Crippen molar-refractivity contribution in [1.82, 2.24) is 4.98 Å². The Morgan fingerprint density at radius 2 is 2.04 bits per heavy atom. The lowest BCUT2D eigenvalue weighted by Crippen LogP contribution is -2.27. The van der Waals surface area contributed by atoms with Gasteiger partial charge in [-0.05, 0) is 56.0 Å². The SMILES string of the molecule is Cc1cccnc1[C@H]1CCC[C@@H](Nc2cccc(NC(N)=O)c2)C1. The smallest absolute Gasteiger partial charge is 0.316 e. The van der Waals surface area contributed by atoms with Crippen molar-refractivity contribution in [3.63, 3.8) is 0 Å². The second-order valence-corrected chi connectivity index (χ2v) is 6.48. The quantitative estimate of drug-likeness (QED) is 0.794. The van der Waals surface area contributed by atoms with Crippen molar-refractivity contribution in [2.45, 2.75) is 44.6 Å². The molecule has 0 spiro atoms. The number of nitrogens with two attached hydrogens (primary N) is 1. The van der Waals surface area contributed by atoms with Crippen LogP contribution in [-0.4, -0.2) is 17.1 Å². The first-order chi connectivity index (χ1) is 11.6. The van der Waals surface area contributed by atoms with Gasteiger partial charge in [0.25, 0.3) is 0 Å². The summed E-state index contributed by atoms with van der Waals surface area (Å²) in [5.74, 6) is 0.504. The van der Waals surface area contributed by atoms with Gasteiger partial charge in [0, 0.05) is 35.2 Å². The summed E-state index contributed by atoms with van der Waals surface area (Å²) in [6, 6.07) is 11.7. The molecule has 2 aromatic rings. The molecule has 5 heteroatoms. The van der Waals surface area contributed by atoms with Gasteiger partial charge in [-0.3, -0.25) is 4.98 Å². The van der Waals surface area contributed by atoms with Crippen LogP contribution in [0.15, 0.2) is 42.6 Å². The highest BCUT2D eigenvalue weighted by molar-refractivity contribution is 5.88. The van der Waals surface area contributed by atoms with Gasteiger partial charge < -0.3 is 16.4 Å². The molecule has 126 valence electrons. The van der Waals surface area contributed by atoms with E-state index in [0.717, 1.165) is 18.5 Å². The summed E-state index contributed by atoms with van der Waals surface area (Å²) in [7, 11) is 0. The van der Waals surface area contributed by atoms with E-state index < -0.39 is 6.03 Å². The van der Waals surface area contributed by atoms with E-state index in [1.165, 1.54) is 24.1 Å². The molecule has 1 heterocycles. The van der Waals surface area contributed by atoms with Gasteiger partial charge in [-0.25, -0.2) is 4.79 Å². The van der Waals surface area contributed by atoms with Crippen LogP contribution in [0.4, 0.5) is 16.2 Å². The summed E-state index contributed by atoms with van der Waals surface area (Å²) < 4.78 is 0. The lowest BCUT2D eigenvalue weighted by molar-refractivity contribution is 0.259. The van der Waals surface area contributed by atoms with Gasteiger partial charge in [0.2, 0.25) is 0 Å². The topological polar surface area (TPSA) is 80.0 Å². The zero-order chi connectivity index (χ0) is 16.9. The zero-order valence-electron chi connectivity index (χ0n) is 14.0. The number of aryl methyl sites for hydroxylation is 1. The lowest BCUT2D eigenvalue weighted by atomic mass is 9.82. The first kappa shape index (κ1) is 16.3. The number of hydrogen-bond acceptors (Lipinski definition) is 3. The molecule has 0 saturated heterocycles. The van der Waals surface area contributed by atoms with Crippen molar-refractivity contribution >= 4 is 17.4 Å². The number of anilines is 2. The summed E-state index contributed by atoms with van der Waals surface area (Å²) in [5.41, 5.74) is 9.39. The Morgan fingerprint density at radius 3 is 2.83 bits per heavy atom. The van der Waals surface area contributed by atoms with E-state index in [0.29, 0.717) is 17.6 Å². The number of hydrogen-bond donors (Lipinski definition) is 3. The first-order valence-corrected chi connectivity index (χ1v) is 8.46. The molecule has 0 radical (unpaired) electrons.